The molecule has 2 N–H and O–H groups in total. The number of hydrogen-bond acceptors (Lipinski definition) is 4. The Bertz CT molecular complexity index is 437. The van der Waals surface area contributed by atoms with Crippen molar-refractivity contribution in [1.29, 1.82) is 0 Å². The number of likely N-dealkylation sites (N-methyl/N-ethyl adjacent to an activating group) is 1. The van der Waals surface area contributed by atoms with Crippen molar-refractivity contribution in [3.63, 3.8) is 0 Å². The molecule has 0 aliphatic rings. The number of nitrogens with zero attached hydrogens (tertiary/aromatic N) is 2. The fraction of sp³-hybridized carbons (Fsp3) is 0.625. The van der Waals surface area contributed by atoms with E-state index in [0.717, 1.165) is 31.5 Å². The van der Waals surface area contributed by atoms with Crippen molar-refractivity contribution in [2.75, 3.05) is 18.8 Å². The number of nitrogen functional groups attached to an aromatic ring is 1. The minimum atomic E-state index is -0.383. The summed E-state index contributed by atoms with van der Waals surface area (Å²) in [4.78, 5) is 19.2. The number of pyridine rings is 1. The van der Waals surface area contributed by atoms with E-state index in [1.165, 1.54) is 0 Å². The summed E-state index contributed by atoms with van der Waals surface area (Å²) in [5.74, 6) is 0.701. The third-order valence-electron chi connectivity index (χ3n) is 4.33. The van der Waals surface area contributed by atoms with Gasteiger partial charge < -0.3 is 5.73 Å². The fourth-order valence-electron chi connectivity index (χ4n) is 3.03. The highest BCUT2D eigenvalue weighted by Crippen LogP contribution is 2.27. The molecule has 1 aromatic rings. The first-order valence-electron chi connectivity index (χ1n) is 7.53. The van der Waals surface area contributed by atoms with Crippen molar-refractivity contribution in [2.24, 2.45) is 0 Å². The maximum absolute atomic E-state index is 12.9. The Kier molecular flexibility index (Phi) is 6.14. The van der Waals surface area contributed by atoms with Crippen LogP contribution in [0.25, 0.3) is 0 Å². The van der Waals surface area contributed by atoms with E-state index in [1.807, 2.05) is 12.1 Å². The van der Waals surface area contributed by atoms with E-state index < -0.39 is 0 Å². The first kappa shape index (κ1) is 16.6. The van der Waals surface area contributed by atoms with Crippen LogP contribution in [-0.2, 0) is 11.2 Å². The SMILES string of the molecule is CCN(CC)C(CC)(CC)C(=O)Cc1cccnc1N. The number of anilines is 1. The molecule has 1 heterocycles. The molecule has 0 aromatic carbocycles. The molecular formula is C16H27N3O. The lowest BCUT2D eigenvalue weighted by molar-refractivity contribution is -0.131. The van der Waals surface area contributed by atoms with Crippen molar-refractivity contribution < 1.29 is 4.79 Å². The third kappa shape index (κ3) is 3.18. The second-order valence-corrected chi connectivity index (χ2v) is 5.06. The second kappa shape index (κ2) is 7.39. The van der Waals surface area contributed by atoms with Crippen LogP contribution in [0.2, 0.25) is 0 Å². The summed E-state index contributed by atoms with van der Waals surface area (Å²) in [5, 5.41) is 0. The minimum Gasteiger partial charge on any atom is -0.383 e. The smallest absolute Gasteiger partial charge is 0.157 e. The Labute approximate surface area is 122 Å². The van der Waals surface area contributed by atoms with E-state index in [2.05, 4.69) is 37.6 Å². The zero-order valence-electron chi connectivity index (χ0n) is 13.1. The average molecular weight is 277 g/mol. The normalized spacial score (nSPS) is 11.8. The van der Waals surface area contributed by atoms with Crippen LogP contribution in [0.1, 0.15) is 46.1 Å². The van der Waals surface area contributed by atoms with Crippen LogP contribution in [0.4, 0.5) is 5.82 Å². The van der Waals surface area contributed by atoms with Crippen LogP contribution in [0, 0.1) is 0 Å². The van der Waals surface area contributed by atoms with Crippen LogP contribution in [-0.4, -0.2) is 34.3 Å². The lowest BCUT2D eigenvalue weighted by atomic mass is 9.83. The highest BCUT2D eigenvalue weighted by molar-refractivity contribution is 5.90. The van der Waals surface area contributed by atoms with Gasteiger partial charge in [0.25, 0.3) is 0 Å². The van der Waals surface area contributed by atoms with E-state index in [0.29, 0.717) is 12.2 Å². The van der Waals surface area contributed by atoms with Gasteiger partial charge in [-0.2, -0.15) is 0 Å². The molecule has 112 valence electrons. The highest BCUT2D eigenvalue weighted by atomic mass is 16.1. The van der Waals surface area contributed by atoms with Gasteiger partial charge in [-0.3, -0.25) is 9.69 Å². The van der Waals surface area contributed by atoms with Crippen LogP contribution in [0.15, 0.2) is 18.3 Å². The Morgan fingerprint density at radius 2 is 1.85 bits per heavy atom. The summed E-state index contributed by atoms with van der Waals surface area (Å²) < 4.78 is 0. The van der Waals surface area contributed by atoms with E-state index in [4.69, 9.17) is 5.73 Å². The predicted molar refractivity (Wildman–Crippen MR) is 83.6 cm³/mol. The highest BCUT2D eigenvalue weighted by Gasteiger charge is 2.38. The topological polar surface area (TPSA) is 59.2 Å². The van der Waals surface area contributed by atoms with E-state index in [9.17, 15) is 4.79 Å². The number of ketones is 1. The molecule has 0 amide bonds. The first-order chi connectivity index (χ1) is 9.55. The van der Waals surface area contributed by atoms with Gasteiger partial charge in [-0.25, -0.2) is 4.98 Å². The third-order valence-corrected chi connectivity index (χ3v) is 4.33. The molecule has 0 unspecified atom stereocenters. The van der Waals surface area contributed by atoms with Crippen molar-refractivity contribution in [3.05, 3.63) is 23.9 Å². The summed E-state index contributed by atoms with van der Waals surface area (Å²) in [5.41, 5.74) is 6.31. The predicted octanol–water partition coefficient (Wildman–Crippen LogP) is 2.68. The van der Waals surface area contributed by atoms with Gasteiger partial charge in [0.2, 0.25) is 0 Å². The summed E-state index contributed by atoms with van der Waals surface area (Å²) >= 11 is 0. The minimum absolute atomic E-state index is 0.242. The molecule has 1 rings (SSSR count). The average Bonchev–Trinajstić information content (AvgIpc) is 2.47. The van der Waals surface area contributed by atoms with Crippen molar-refractivity contribution in [2.45, 2.75) is 52.5 Å². The Hall–Kier alpha value is -1.42. The van der Waals surface area contributed by atoms with Gasteiger partial charge >= 0.3 is 0 Å². The van der Waals surface area contributed by atoms with Gasteiger partial charge in [0.15, 0.2) is 5.78 Å². The zero-order chi connectivity index (χ0) is 15.2. The number of nitrogens with two attached hydrogens (primary N) is 1. The molecule has 0 fully saturated rings. The van der Waals surface area contributed by atoms with Crippen LogP contribution < -0.4 is 5.73 Å². The number of hydrogen-bond donors (Lipinski definition) is 1. The lowest BCUT2D eigenvalue weighted by Crippen LogP contribution is -2.54. The van der Waals surface area contributed by atoms with E-state index >= 15 is 0 Å². The quantitative estimate of drug-likeness (QED) is 0.793. The number of aromatic nitrogens is 1. The van der Waals surface area contributed by atoms with Crippen LogP contribution >= 0.6 is 0 Å². The summed E-state index contributed by atoms with van der Waals surface area (Å²) in [6, 6.07) is 3.72. The molecule has 0 atom stereocenters. The van der Waals surface area contributed by atoms with Gasteiger partial charge in [0.05, 0.1) is 5.54 Å². The molecule has 4 nitrogen and oxygen atoms in total. The molecule has 0 aliphatic carbocycles. The van der Waals surface area contributed by atoms with Crippen molar-refractivity contribution >= 4 is 11.6 Å². The molecule has 0 saturated carbocycles. The summed E-state index contributed by atoms with van der Waals surface area (Å²) in [6.07, 6.45) is 3.66. The summed E-state index contributed by atoms with van der Waals surface area (Å²) in [6.45, 7) is 10.2. The first-order valence-corrected chi connectivity index (χ1v) is 7.53. The molecule has 0 aliphatic heterocycles. The molecular weight excluding hydrogens is 250 g/mol. The maximum atomic E-state index is 12.9. The molecule has 20 heavy (non-hydrogen) atoms. The Balaban J connectivity index is 3.04. The lowest BCUT2D eigenvalue weighted by Gasteiger charge is -2.41. The fourth-order valence-corrected chi connectivity index (χ4v) is 3.03. The van der Waals surface area contributed by atoms with E-state index in [-0.39, 0.29) is 11.3 Å². The zero-order valence-corrected chi connectivity index (χ0v) is 13.1. The number of Topliss-reactive ketones (excluding diaryl/α,β-unsaturated/α-hetero) is 1. The van der Waals surface area contributed by atoms with Crippen LogP contribution in [0.5, 0.6) is 0 Å². The number of carbonyl (C=O) groups is 1. The molecule has 4 heteroatoms. The largest absolute Gasteiger partial charge is 0.383 e. The molecule has 0 spiro atoms. The van der Waals surface area contributed by atoms with Crippen molar-refractivity contribution in [1.82, 2.24) is 9.88 Å². The maximum Gasteiger partial charge on any atom is 0.157 e. The number of carbonyl (C=O) groups excluding carboxylic acids is 1. The van der Waals surface area contributed by atoms with E-state index in [1.54, 1.807) is 6.20 Å². The van der Waals surface area contributed by atoms with Gasteiger partial charge in [0.1, 0.15) is 5.82 Å². The Morgan fingerprint density at radius 1 is 1.25 bits per heavy atom. The Morgan fingerprint density at radius 3 is 2.30 bits per heavy atom. The molecule has 0 radical (unpaired) electrons. The number of rotatable bonds is 8. The summed E-state index contributed by atoms with van der Waals surface area (Å²) in [7, 11) is 0. The second-order valence-electron chi connectivity index (χ2n) is 5.06. The van der Waals surface area contributed by atoms with Gasteiger partial charge in [-0.15, -0.1) is 0 Å². The molecule has 1 aromatic heterocycles. The van der Waals surface area contributed by atoms with Gasteiger partial charge in [-0.05, 0) is 32.0 Å². The van der Waals surface area contributed by atoms with Gasteiger partial charge in [0, 0.05) is 18.2 Å². The molecule has 0 bridgehead atoms. The molecule has 0 saturated heterocycles. The monoisotopic (exact) mass is 277 g/mol. The van der Waals surface area contributed by atoms with Gasteiger partial charge in [-0.1, -0.05) is 33.8 Å². The van der Waals surface area contributed by atoms with Crippen molar-refractivity contribution in [3.8, 4) is 0 Å². The van der Waals surface area contributed by atoms with Crippen LogP contribution in [0.3, 0.4) is 0 Å². The standard InChI is InChI=1S/C16H27N3O/c1-5-16(6-2,19(7-3)8-4)14(20)12-13-10-9-11-18-15(13)17/h9-11H,5-8,12H2,1-4H3,(H2,17,18).